The fourth-order valence-electron chi connectivity index (χ4n) is 1.16. The zero-order valence-corrected chi connectivity index (χ0v) is 10.7. The van der Waals surface area contributed by atoms with Crippen molar-refractivity contribution < 1.29 is 14.5 Å². The number of rotatable bonds is 3. The highest BCUT2D eigenvalue weighted by molar-refractivity contribution is 8.13. The Balaban J connectivity index is 2.94. The highest BCUT2D eigenvalue weighted by Gasteiger charge is 2.13. The topological polar surface area (TPSA) is 69.4 Å². The van der Waals surface area contributed by atoms with Crippen LogP contribution < -0.4 is 4.74 Å². The van der Waals surface area contributed by atoms with Gasteiger partial charge in [-0.3, -0.25) is 14.9 Å². The van der Waals surface area contributed by atoms with Gasteiger partial charge in [0, 0.05) is 6.92 Å². The van der Waals surface area contributed by atoms with E-state index in [-0.39, 0.29) is 10.8 Å². The Bertz CT molecular complexity index is 531. The Labute approximate surface area is 109 Å². The molecule has 1 aromatic carbocycles. The molecule has 0 unspecified atom stereocenters. The molecule has 5 nitrogen and oxygen atoms in total. The van der Waals surface area contributed by atoms with Gasteiger partial charge in [0.1, 0.15) is 11.3 Å². The maximum absolute atomic E-state index is 10.9. The van der Waals surface area contributed by atoms with Gasteiger partial charge < -0.3 is 4.74 Å². The molecule has 6 heteroatoms. The van der Waals surface area contributed by atoms with E-state index >= 15 is 0 Å². The van der Waals surface area contributed by atoms with Gasteiger partial charge in [-0.1, -0.05) is 23.6 Å². The average molecular weight is 265 g/mol. The quantitative estimate of drug-likeness (QED) is 0.476. The molecule has 0 heterocycles. The van der Waals surface area contributed by atoms with Crippen LogP contribution in [0.5, 0.6) is 5.75 Å². The van der Waals surface area contributed by atoms with Crippen LogP contribution in [0.3, 0.4) is 0 Å². The third-order valence-electron chi connectivity index (χ3n) is 1.97. The molecule has 0 saturated heterocycles. The standard InChI is InChI=1S/C12H11NO4S/c1-9(14)18-7-3-4-10-5-6-11(17-2)8-12(10)13(15)16/h5-6,8H,7H2,1-2H3. The summed E-state index contributed by atoms with van der Waals surface area (Å²) in [6.45, 7) is 1.45. The smallest absolute Gasteiger partial charge is 0.288 e. The van der Waals surface area contributed by atoms with Gasteiger partial charge in [0.15, 0.2) is 5.12 Å². The van der Waals surface area contributed by atoms with E-state index in [1.165, 1.54) is 26.2 Å². The summed E-state index contributed by atoms with van der Waals surface area (Å²) in [7, 11) is 1.44. The first-order valence-electron chi connectivity index (χ1n) is 4.99. The lowest BCUT2D eigenvalue weighted by Gasteiger charge is -2.00. The zero-order valence-electron chi connectivity index (χ0n) is 9.93. The van der Waals surface area contributed by atoms with Crippen molar-refractivity contribution in [1.29, 1.82) is 0 Å². The van der Waals surface area contributed by atoms with Crippen molar-refractivity contribution in [3.05, 3.63) is 33.9 Å². The number of benzene rings is 1. The third kappa shape index (κ3) is 4.11. The van der Waals surface area contributed by atoms with Crippen LogP contribution in [0.1, 0.15) is 12.5 Å². The van der Waals surface area contributed by atoms with Crippen LogP contribution in [-0.4, -0.2) is 22.9 Å². The first-order chi connectivity index (χ1) is 8.54. The molecule has 0 atom stereocenters. The number of thioether (sulfide) groups is 1. The molecular weight excluding hydrogens is 254 g/mol. The number of carbonyl (C=O) groups is 1. The van der Waals surface area contributed by atoms with Gasteiger partial charge in [-0.2, -0.15) is 0 Å². The lowest BCUT2D eigenvalue weighted by Crippen LogP contribution is -1.94. The predicted molar refractivity (Wildman–Crippen MR) is 69.7 cm³/mol. The minimum absolute atomic E-state index is 0.0338. The van der Waals surface area contributed by atoms with Crippen LogP contribution in [0.15, 0.2) is 18.2 Å². The van der Waals surface area contributed by atoms with Gasteiger partial charge in [0.25, 0.3) is 5.69 Å². The highest BCUT2D eigenvalue weighted by Crippen LogP contribution is 2.23. The minimum Gasteiger partial charge on any atom is -0.497 e. The van der Waals surface area contributed by atoms with Gasteiger partial charge in [0.05, 0.1) is 23.9 Å². The van der Waals surface area contributed by atoms with Crippen molar-refractivity contribution in [2.75, 3.05) is 12.9 Å². The van der Waals surface area contributed by atoms with E-state index in [9.17, 15) is 14.9 Å². The Morgan fingerprint density at radius 2 is 2.28 bits per heavy atom. The van der Waals surface area contributed by atoms with E-state index in [0.717, 1.165) is 11.8 Å². The highest BCUT2D eigenvalue weighted by atomic mass is 32.2. The summed E-state index contributed by atoms with van der Waals surface area (Å²) in [6, 6.07) is 4.46. The molecule has 94 valence electrons. The van der Waals surface area contributed by atoms with Gasteiger partial charge in [-0.15, -0.1) is 0 Å². The maximum Gasteiger partial charge on any atom is 0.288 e. The number of hydrogen-bond acceptors (Lipinski definition) is 5. The van der Waals surface area contributed by atoms with Crippen LogP contribution in [0.4, 0.5) is 5.69 Å². The number of ether oxygens (including phenoxy) is 1. The number of nitro benzene ring substituents is 1. The van der Waals surface area contributed by atoms with E-state index in [0.29, 0.717) is 17.1 Å². The molecule has 0 aliphatic rings. The Kier molecular flexibility index (Phi) is 5.21. The fourth-order valence-corrected chi connectivity index (χ4v) is 1.51. The van der Waals surface area contributed by atoms with Crippen LogP contribution in [0, 0.1) is 22.0 Å². The second kappa shape index (κ2) is 6.67. The Morgan fingerprint density at radius 3 is 2.83 bits per heavy atom. The SMILES string of the molecule is COc1ccc(C#CCSC(C)=O)c([N+](=O)[O-])c1. The molecule has 0 bridgehead atoms. The molecule has 0 aromatic heterocycles. The summed E-state index contributed by atoms with van der Waals surface area (Å²) in [5, 5.41) is 10.8. The lowest BCUT2D eigenvalue weighted by atomic mass is 10.2. The number of hydrogen-bond donors (Lipinski definition) is 0. The predicted octanol–water partition coefficient (Wildman–Crippen LogP) is 2.23. The third-order valence-corrected chi connectivity index (χ3v) is 2.67. The maximum atomic E-state index is 10.9. The Morgan fingerprint density at radius 1 is 1.56 bits per heavy atom. The normalized spacial score (nSPS) is 9.22. The molecule has 0 aliphatic carbocycles. The second-order valence-electron chi connectivity index (χ2n) is 3.22. The molecule has 1 rings (SSSR count). The summed E-state index contributed by atoms with van der Waals surface area (Å²) in [4.78, 5) is 21.0. The molecule has 0 spiro atoms. The number of nitrogens with zero attached hydrogens (tertiary/aromatic N) is 1. The van der Waals surface area contributed by atoms with E-state index in [1.54, 1.807) is 6.07 Å². The average Bonchev–Trinajstić information content (AvgIpc) is 2.34. The summed E-state index contributed by atoms with van der Waals surface area (Å²) >= 11 is 1.07. The molecule has 18 heavy (non-hydrogen) atoms. The molecule has 0 fully saturated rings. The summed E-state index contributed by atoms with van der Waals surface area (Å²) in [6.07, 6.45) is 0. The van der Waals surface area contributed by atoms with Crippen LogP contribution >= 0.6 is 11.8 Å². The van der Waals surface area contributed by atoms with E-state index in [1.807, 2.05) is 0 Å². The van der Waals surface area contributed by atoms with Crippen LogP contribution in [0.2, 0.25) is 0 Å². The number of carbonyl (C=O) groups excluding carboxylic acids is 1. The van der Waals surface area contributed by atoms with Crippen molar-refractivity contribution in [3.8, 4) is 17.6 Å². The molecule has 0 saturated carbocycles. The van der Waals surface area contributed by atoms with Crippen molar-refractivity contribution in [2.45, 2.75) is 6.92 Å². The van der Waals surface area contributed by atoms with Crippen molar-refractivity contribution in [3.63, 3.8) is 0 Å². The summed E-state index contributed by atoms with van der Waals surface area (Å²) in [5.74, 6) is 6.12. The van der Waals surface area contributed by atoms with Crippen LogP contribution in [0.25, 0.3) is 0 Å². The number of nitro groups is 1. The van der Waals surface area contributed by atoms with Gasteiger partial charge in [-0.25, -0.2) is 0 Å². The second-order valence-corrected chi connectivity index (χ2v) is 4.37. The molecule has 0 N–H and O–H groups in total. The largest absolute Gasteiger partial charge is 0.497 e. The molecule has 0 radical (unpaired) electrons. The van der Waals surface area contributed by atoms with Gasteiger partial charge in [-0.05, 0) is 12.1 Å². The van der Waals surface area contributed by atoms with E-state index < -0.39 is 4.92 Å². The monoisotopic (exact) mass is 265 g/mol. The number of methoxy groups -OCH3 is 1. The molecule has 0 aliphatic heterocycles. The van der Waals surface area contributed by atoms with Crippen molar-refractivity contribution in [2.24, 2.45) is 0 Å². The Hall–Kier alpha value is -2.00. The minimum atomic E-state index is -0.509. The van der Waals surface area contributed by atoms with Crippen LogP contribution in [-0.2, 0) is 4.79 Å². The lowest BCUT2D eigenvalue weighted by molar-refractivity contribution is -0.385. The summed E-state index contributed by atoms with van der Waals surface area (Å²) in [5.41, 5.74) is 0.208. The van der Waals surface area contributed by atoms with E-state index in [2.05, 4.69) is 11.8 Å². The summed E-state index contributed by atoms with van der Waals surface area (Å²) < 4.78 is 4.92. The van der Waals surface area contributed by atoms with Gasteiger partial charge >= 0.3 is 0 Å². The first kappa shape index (κ1) is 14.1. The van der Waals surface area contributed by atoms with Crippen molar-refractivity contribution >= 4 is 22.6 Å². The fraction of sp³-hybridized carbons (Fsp3) is 0.250. The molecular formula is C12H11NO4S. The first-order valence-corrected chi connectivity index (χ1v) is 5.98. The van der Waals surface area contributed by atoms with Crippen molar-refractivity contribution in [1.82, 2.24) is 0 Å². The zero-order chi connectivity index (χ0) is 13.5. The molecule has 1 aromatic rings. The van der Waals surface area contributed by atoms with E-state index in [4.69, 9.17) is 4.74 Å². The van der Waals surface area contributed by atoms with Gasteiger partial charge in [0.2, 0.25) is 0 Å². The molecule has 0 amide bonds.